The summed E-state index contributed by atoms with van der Waals surface area (Å²) >= 11 is 0. The molecule has 2 heterocycles. The minimum absolute atomic E-state index is 0.402. The molecule has 1 unspecified atom stereocenters. The second kappa shape index (κ2) is 2.51. The fraction of sp³-hybridized carbons (Fsp3) is 0.857. The van der Waals surface area contributed by atoms with E-state index in [1.807, 2.05) is 0 Å². The summed E-state index contributed by atoms with van der Waals surface area (Å²) in [6, 6.07) is 0. The summed E-state index contributed by atoms with van der Waals surface area (Å²) in [7, 11) is 0. The predicted molar refractivity (Wildman–Crippen MR) is 63.8 cm³/mol. The molecular weight excluding hydrogens is 182 g/mol. The van der Waals surface area contributed by atoms with Crippen LogP contribution in [0.5, 0.6) is 0 Å². The molecule has 2 aliphatic heterocycles. The van der Waals surface area contributed by atoms with Gasteiger partial charge in [0.1, 0.15) is 0 Å². The first-order valence-electron chi connectivity index (χ1n) is 6.33. The standard InChI is InChI=1S/C14H23N/c1-11-9-14(12(2,3)4)13(5-6-13)7-8-15(14)10-11/h1,5-10H2,2-4H3. The molecule has 0 N–H and O–H groups in total. The van der Waals surface area contributed by atoms with Crippen molar-refractivity contribution < 1.29 is 0 Å². The summed E-state index contributed by atoms with van der Waals surface area (Å²) in [4.78, 5) is 2.75. The van der Waals surface area contributed by atoms with Crippen molar-refractivity contribution >= 4 is 0 Å². The van der Waals surface area contributed by atoms with Crippen LogP contribution in [0.1, 0.15) is 46.5 Å². The highest BCUT2D eigenvalue weighted by molar-refractivity contribution is 5.30. The van der Waals surface area contributed by atoms with E-state index in [4.69, 9.17) is 0 Å². The smallest absolute Gasteiger partial charge is 0.0355 e. The van der Waals surface area contributed by atoms with Gasteiger partial charge in [-0.3, -0.25) is 4.90 Å². The van der Waals surface area contributed by atoms with Gasteiger partial charge in [0.05, 0.1) is 0 Å². The minimum atomic E-state index is 0.402. The zero-order chi connectivity index (χ0) is 10.9. The Morgan fingerprint density at radius 1 is 1.20 bits per heavy atom. The van der Waals surface area contributed by atoms with E-state index in [0.717, 1.165) is 0 Å². The van der Waals surface area contributed by atoms with Crippen molar-refractivity contribution in [2.75, 3.05) is 13.1 Å². The summed E-state index contributed by atoms with van der Waals surface area (Å²) in [5, 5.41) is 0. The highest BCUT2D eigenvalue weighted by Gasteiger charge is 2.70. The molecule has 3 aliphatic rings. The van der Waals surface area contributed by atoms with Gasteiger partial charge in [-0.05, 0) is 43.1 Å². The summed E-state index contributed by atoms with van der Waals surface area (Å²) in [6.45, 7) is 14.0. The van der Waals surface area contributed by atoms with E-state index in [2.05, 4.69) is 32.3 Å². The molecule has 0 radical (unpaired) electrons. The normalized spacial score (nSPS) is 38.7. The maximum absolute atomic E-state index is 4.25. The van der Waals surface area contributed by atoms with E-state index in [9.17, 15) is 0 Å². The van der Waals surface area contributed by atoms with E-state index in [0.29, 0.717) is 16.4 Å². The molecule has 1 heteroatoms. The number of fused-ring (bicyclic) bond motifs is 2. The molecule has 84 valence electrons. The number of rotatable bonds is 0. The molecule has 0 amide bonds. The number of hydrogen-bond donors (Lipinski definition) is 0. The van der Waals surface area contributed by atoms with Crippen molar-refractivity contribution in [3.05, 3.63) is 12.2 Å². The van der Waals surface area contributed by atoms with Crippen LogP contribution in [0, 0.1) is 10.8 Å². The molecular formula is C14H23N. The van der Waals surface area contributed by atoms with E-state index >= 15 is 0 Å². The SMILES string of the molecule is C=C1CN2CCC3(CC3)C2(C(C)(C)C)C1. The maximum atomic E-state index is 4.25. The van der Waals surface area contributed by atoms with E-state index in [1.165, 1.54) is 44.3 Å². The van der Waals surface area contributed by atoms with Crippen molar-refractivity contribution in [3.8, 4) is 0 Å². The first-order valence-corrected chi connectivity index (χ1v) is 6.33. The second-order valence-electron chi connectivity index (χ2n) is 6.99. The van der Waals surface area contributed by atoms with Crippen LogP contribution in [-0.4, -0.2) is 23.5 Å². The topological polar surface area (TPSA) is 3.24 Å². The molecule has 1 saturated carbocycles. The van der Waals surface area contributed by atoms with Crippen LogP contribution in [0.4, 0.5) is 0 Å². The fourth-order valence-electron chi connectivity index (χ4n) is 4.63. The van der Waals surface area contributed by atoms with Gasteiger partial charge in [0.2, 0.25) is 0 Å². The van der Waals surface area contributed by atoms with Crippen LogP contribution in [0.15, 0.2) is 12.2 Å². The van der Waals surface area contributed by atoms with Gasteiger partial charge in [-0.2, -0.15) is 0 Å². The Morgan fingerprint density at radius 3 is 2.40 bits per heavy atom. The van der Waals surface area contributed by atoms with Gasteiger partial charge in [0.25, 0.3) is 0 Å². The quantitative estimate of drug-likeness (QED) is 0.549. The lowest BCUT2D eigenvalue weighted by Crippen LogP contribution is -2.54. The molecule has 1 aliphatic carbocycles. The van der Waals surface area contributed by atoms with Gasteiger partial charge in [-0.1, -0.05) is 32.9 Å². The molecule has 15 heavy (non-hydrogen) atoms. The zero-order valence-corrected chi connectivity index (χ0v) is 10.4. The third kappa shape index (κ3) is 0.982. The maximum Gasteiger partial charge on any atom is 0.0355 e. The minimum Gasteiger partial charge on any atom is -0.292 e. The zero-order valence-electron chi connectivity index (χ0n) is 10.4. The Labute approximate surface area is 93.5 Å². The molecule has 0 bridgehead atoms. The lowest BCUT2D eigenvalue weighted by atomic mass is 9.63. The van der Waals surface area contributed by atoms with Crippen molar-refractivity contribution in [1.82, 2.24) is 4.90 Å². The monoisotopic (exact) mass is 205 g/mol. The van der Waals surface area contributed by atoms with Crippen LogP contribution < -0.4 is 0 Å². The number of nitrogens with zero attached hydrogens (tertiary/aromatic N) is 1. The van der Waals surface area contributed by atoms with Gasteiger partial charge in [0, 0.05) is 12.1 Å². The highest BCUT2D eigenvalue weighted by atomic mass is 15.3. The molecule has 0 aromatic rings. The third-order valence-corrected chi connectivity index (χ3v) is 5.29. The molecule has 0 aromatic carbocycles. The number of hydrogen-bond acceptors (Lipinski definition) is 1. The second-order valence-corrected chi connectivity index (χ2v) is 6.99. The fourth-order valence-corrected chi connectivity index (χ4v) is 4.63. The van der Waals surface area contributed by atoms with Crippen molar-refractivity contribution in [2.24, 2.45) is 10.8 Å². The van der Waals surface area contributed by atoms with Gasteiger partial charge < -0.3 is 0 Å². The molecule has 1 spiro atoms. The predicted octanol–water partition coefficient (Wildman–Crippen LogP) is 3.22. The average Bonchev–Trinajstić information content (AvgIpc) is 2.71. The van der Waals surface area contributed by atoms with Crippen molar-refractivity contribution in [2.45, 2.75) is 52.0 Å². The van der Waals surface area contributed by atoms with Crippen LogP contribution in [0.2, 0.25) is 0 Å². The van der Waals surface area contributed by atoms with Crippen molar-refractivity contribution in [3.63, 3.8) is 0 Å². The van der Waals surface area contributed by atoms with Crippen LogP contribution >= 0.6 is 0 Å². The van der Waals surface area contributed by atoms with Gasteiger partial charge in [-0.15, -0.1) is 0 Å². The van der Waals surface area contributed by atoms with Crippen LogP contribution in [-0.2, 0) is 0 Å². The van der Waals surface area contributed by atoms with Crippen LogP contribution in [0.25, 0.3) is 0 Å². The lowest BCUT2D eigenvalue weighted by molar-refractivity contribution is 0.0164. The Balaban J connectivity index is 2.10. The summed E-state index contributed by atoms with van der Waals surface area (Å²) in [5.74, 6) is 0. The van der Waals surface area contributed by atoms with Gasteiger partial charge >= 0.3 is 0 Å². The molecule has 3 fully saturated rings. The molecule has 1 nitrogen and oxygen atoms in total. The van der Waals surface area contributed by atoms with Gasteiger partial charge in [0.15, 0.2) is 0 Å². The molecule has 0 aromatic heterocycles. The molecule has 1 atom stereocenters. The summed E-state index contributed by atoms with van der Waals surface area (Å²) in [5.41, 5.74) is 3.00. The van der Waals surface area contributed by atoms with E-state index < -0.39 is 0 Å². The Bertz CT molecular complexity index is 319. The Kier molecular flexibility index (Phi) is 1.65. The summed E-state index contributed by atoms with van der Waals surface area (Å²) in [6.07, 6.45) is 5.64. The summed E-state index contributed by atoms with van der Waals surface area (Å²) < 4.78 is 0. The Hall–Kier alpha value is -0.300. The van der Waals surface area contributed by atoms with Crippen LogP contribution in [0.3, 0.4) is 0 Å². The highest BCUT2D eigenvalue weighted by Crippen LogP contribution is 2.71. The van der Waals surface area contributed by atoms with E-state index in [1.54, 1.807) is 0 Å². The van der Waals surface area contributed by atoms with Gasteiger partial charge in [-0.25, -0.2) is 0 Å². The third-order valence-electron chi connectivity index (χ3n) is 5.29. The lowest BCUT2D eigenvalue weighted by Gasteiger charge is -2.48. The first kappa shape index (κ1) is 9.89. The average molecular weight is 205 g/mol. The van der Waals surface area contributed by atoms with Crippen molar-refractivity contribution in [1.29, 1.82) is 0 Å². The molecule has 3 rings (SSSR count). The first-order chi connectivity index (χ1) is 6.91. The largest absolute Gasteiger partial charge is 0.292 e. The molecule has 2 saturated heterocycles. The van der Waals surface area contributed by atoms with E-state index in [-0.39, 0.29) is 0 Å². The Morgan fingerprint density at radius 2 is 1.87 bits per heavy atom.